The van der Waals surface area contributed by atoms with Crippen LogP contribution in [0.2, 0.25) is 0 Å². The molecule has 1 unspecified atom stereocenters. The molecule has 1 aromatic rings. The zero-order valence-electron chi connectivity index (χ0n) is 8.92. The van der Waals surface area contributed by atoms with Gasteiger partial charge in [0.2, 0.25) is 0 Å². The van der Waals surface area contributed by atoms with E-state index < -0.39 is 0 Å². The average molecular weight is 212 g/mol. The van der Waals surface area contributed by atoms with Crippen LogP contribution in [0.25, 0.3) is 0 Å². The smallest absolute Gasteiger partial charge is 0.175 e. The largest absolute Gasteiger partial charge is 0.485 e. The molecule has 0 saturated heterocycles. The SMILES string of the molecule is CCc1sc(CC)c2c1OCC(C)O2. The molecule has 2 nitrogen and oxygen atoms in total. The Morgan fingerprint density at radius 2 is 1.86 bits per heavy atom. The number of hydrogen-bond acceptors (Lipinski definition) is 3. The summed E-state index contributed by atoms with van der Waals surface area (Å²) in [7, 11) is 0. The predicted molar refractivity (Wildman–Crippen MR) is 58.7 cm³/mol. The fourth-order valence-corrected chi connectivity index (χ4v) is 2.73. The molecule has 0 saturated carbocycles. The standard InChI is InChI=1S/C11H16O2S/c1-4-8-10-11(9(5-2)14-8)13-7(3)6-12-10/h7H,4-6H2,1-3H3. The third-order valence-electron chi connectivity index (χ3n) is 2.38. The second-order valence-electron chi connectivity index (χ2n) is 3.55. The molecule has 2 heterocycles. The Kier molecular flexibility index (Phi) is 2.68. The van der Waals surface area contributed by atoms with Gasteiger partial charge in [0.25, 0.3) is 0 Å². The molecule has 0 radical (unpaired) electrons. The molecule has 0 aliphatic carbocycles. The first-order chi connectivity index (χ1) is 6.76. The lowest BCUT2D eigenvalue weighted by Crippen LogP contribution is -2.25. The van der Waals surface area contributed by atoms with Gasteiger partial charge in [-0.3, -0.25) is 0 Å². The van der Waals surface area contributed by atoms with Crippen LogP contribution in [0.5, 0.6) is 11.5 Å². The van der Waals surface area contributed by atoms with Crippen LogP contribution in [0.15, 0.2) is 0 Å². The molecule has 3 heteroatoms. The number of ether oxygens (including phenoxy) is 2. The van der Waals surface area contributed by atoms with Gasteiger partial charge in [-0.2, -0.15) is 0 Å². The molecule has 0 bridgehead atoms. The summed E-state index contributed by atoms with van der Waals surface area (Å²) in [5.41, 5.74) is 0. The van der Waals surface area contributed by atoms with Crippen LogP contribution in [0.4, 0.5) is 0 Å². The minimum atomic E-state index is 0.187. The lowest BCUT2D eigenvalue weighted by molar-refractivity contribution is 0.104. The Morgan fingerprint density at radius 1 is 1.21 bits per heavy atom. The number of fused-ring (bicyclic) bond motifs is 1. The monoisotopic (exact) mass is 212 g/mol. The third-order valence-corrected chi connectivity index (χ3v) is 3.82. The minimum absolute atomic E-state index is 0.187. The molecule has 1 aliphatic rings. The highest BCUT2D eigenvalue weighted by atomic mass is 32.1. The molecule has 78 valence electrons. The first-order valence-electron chi connectivity index (χ1n) is 5.20. The van der Waals surface area contributed by atoms with Crippen LogP contribution in [0, 0.1) is 0 Å². The molecule has 1 aliphatic heterocycles. The van der Waals surface area contributed by atoms with Crippen molar-refractivity contribution in [3.8, 4) is 11.5 Å². The van der Waals surface area contributed by atoms with Crippen molar-refractivity contribution in [2.24, 2.45) is 0 Å². The van der Waals surface area contributed by atoms with E-state index in [1.54, 1.807) is 0 Å². The fourth-order valence-electron chi connectivity index (χ4n) is 1.66. The second kappa shape index (κ2) is 3.81. The van der Waals surface area contributed by atoms with Gasteiger partial charge in [-0.15, -0.1) is 11.3 Å². The summed E-state index contributed by atoms with van der Waals surface area (Å²) in [6.45, 7) is 7.05. The predicted octanol–water partition coefficient (Wildman–Crippen LogP) is 3.03. The molecular formula is C11H16O2S. The Labute approximate surface area is 88.8 Å². The maximum atomic E-state index is 5.82. The highest BCUT2D eigenvalue weighted by Gasteiger charge is 2.25. The van der Waals surface area contributed by atoms with Crippen LogP contribution in [0.3, 0.4) is 0 Å². The highest BCUT2D eigenvalue weighted by molar-refractivity contribution is 7.12. The Bertz CT molecular complexity index is 330. The number of aryl methyl sites for hydroxylation is 2. The molecule has 0 spiro atoms. The van der Waals surface area contributed by atoms with Gasteiger partial charge >= 0.3 is 0 Å². The van der Waals surface area contributed by atoms with E-state index in [9.17, 15) is 0 Å². The summed E-state index contributed by atoms with van der Waals surface area (Å²) in [6.07, 6.45) is 2.25. The Balaban J connectivity index is 2.42. The van der Waals surface area contributed by atoms with Crippen molar-refractivity contribution in [3.63, 3.8) is 0 Å². The third kappa shape index (κ3) is 1.50. The Hall–Kier alpha value is -0.700. The van der Waals surface area contributed by atoms with Gasteiger partial charge in [-0.05, 0) is 19.8 Å². The van der Waals surface area contributed by atoms with Crippen LogP contribution in [0.1, 0.15) is 30.5 Å². The van der Waals surface area contributed by atoms with Crippen LogP contribution >= 0.6 is 11.3 Å². The van der Waals surface area contributed by atoms with Crippen molar-refractivity contribution in [3.05, 3.63) is 9.75 Å². The molecule has 0 fully saturated rings. The molecule has 1 atom stereocenters. The molecule has 14 heavy (non-hydrogen) atoms. The molecule has 2 rings (SSSR count). The zero-order chi connectivity index (χ0) is 10.1. The summed E-state index contributed by atoms with van der Waals surface area (Å²) < 4.78 is 11.5. The van der Waals surface area contributed by atoms with Crippen LogP contribution < -0.4 is 9.47 Å². The second-order valence-corrected chi connectivity index (χ2v) is 4.74. The van der Waals surface area contributed by atoms with E-state index in [1.807, 2.05) is 18.3 Å². The van der Waals surface area contributed by atoms with Crippen molar-refractivity contribution in [1.82, 2.24) is 0 Å². The summed E-state index contributed by atoms with van der Waals surface area (Å²) in [5.74, 6) is 2.01. The molecule has 0 N–H and O–H groups in total. The first-order valence-corrected chi connectivity index (χ1v) is 6.01. The van der Waals surface area contributed by atoms with Crippen molar-refractivity contribution in [1.29, 1.82) is 0 Å². The fraction of sp³-hybridized carbons (Fsp3) is 0.636. The molecule has 1 aromatic heterocycles. The van der Waals surface area contributed by atoms with Gasteiger partial charge in [0.1, 0.15) is 12.7 Å². The normalized spacial score (nSPS) is 19.8. The van der Waals surface area contributed by atoms with Gasteiger partial charge in [-0.1, -0.05) is 13.8 Å². The van der Waals surface area contributed by atoms with Gasteiger partial charge < -0.3 is 9.47 Å². The number of thiophene rings is 1. The summed E-state index contributed by atoms with van der Waals surface area (Å²) in [5, 5.41) is 0. The minimum Gasteiger partial charge on any atom is -0.485 e. The van der Waals surface area contributed by atoms with Gasteiger partial charge in [0.15, 0.2) is 11.5 Å². The molecule has 0 amide bonds. The maximum Gasteiger partial charge on any atom is 0.175 e. The average Bonchev–Trinajstić information content (AvgIpc) is 2.55. The lowest BCUT2D eigenvalue weighted by Gasteiger charge is -2.22. The van der Waals surface area contributed by atoms with Crippen molar-refractivity contribution >= 4 is 11.3 Å². The van der Waals surface area contributed by atoms with E-state index in [1.165, 1.54) is 9.75 Å². The Morgan fingerprint density at radius 3 is 2.50 bits per heavy atom. The highest BCUT2D eigenvalue weighted by Crippen LogP contribution is 2.45. The van der Waals surface area contributed by atoms with E-state index in [0.29, 0.717) is 6.61 Å². The van der Waals surface area contributed by atoms with Crippen molar-refractivity contribution < 1.29 is 9.47 Å². The van der Waals surface area contributed by atoms with E-state index >= 15 is 0 Å². The molecule has 0 aromatic carbocycles. The van der Waals surface area contributed by atoms with E-state index in [4.69, 9.17) is 9.47 Å². The van der Waals surface area contributed by atoms with E-state index in [0.717, 1.165) is 24.3 Å². The number of rotatable bonds is 2. The van der Waals surface area contributed by atoms with E-state index in [2.05, 4.69) is 13.8 Å². The van der Waals surface area contributed by atoms with Gasteiger partial charge in [-0.25, -0.2) is 0 Å². The van der Waals surface area contributed by atoms with Crippen LogP contribution in [-0.2, 0) is 12.8 Å². The maximum absolute atomic E-state index is 5.82. The van der Waals surface area contributed by atoms with Crippen LogP contribution in [-0.4, -0.2) is 12.7 Å². The lowest BCUT2D eigenvalue weighted by atomic mass is 10.2. The molecular weight excluding hydrogens is 196 g/mol. The van der Waals surface area contributed by atoms with Crippen molar-refractivity contribution in [2.75, 3.05) is 6.61 Å². The van der Waals surface area contributed by atoms with Crippen molar-refractivity contribution in [2.45, 2.75) is 39.7 Å². The summed E-state index contributed by atoms with van der Waals surface area (Å²) in [6, 6.07) is 0. The topological polar surface area (TPSA) is 18.5 Å². The van der Waals surface area contributed by atoms with Gasteiger partial charge in [0, 0.05) is 0 Å². The van der Waals surface area contributed by atoms with E-state index in [-0.39, 0.29) is 6.10 Å². The number of hydrogen-bond donors (Lipinski definition) is 0. The quantitative estimate of drug-likeness (QED) is 0.750. The summed E-state index contributed by atoms with van der Waals surface area (Å²) >= 11 is 1.83. The van der Waals surface area contributed by atoms with Gasteiger partial charge in [0.05, 0.1) is 9.75 Å². The zero-order valence-corrected chi connectivity index (χ0v) is 9.74. The first kappa shape index (κ1) is 9.84. The summed E-state index contributed by atoms with van der Waals surface area (Å²) in [4.78, 5) is 2.65.